The maximum Gasteiger partial charge on any atom is 0.311 e. The van der Waals surface area contributed by atoms with Crippen LogP contribution in [-0.2, 0) is 9.53 Å². The summed E-state index contributed by atoms with van der Waals surface area (Å²) in [5, 5.41) is 10.8. The lowest BCUT2D eigenvalue weighted by Crippen LogP contribution is -2.47. The third-order valence-electron chi connectivity index (χ3n) is 4.37. The largest absolute Gasteiger partial charge is 0.466 e. The van der Waals surface area contributed by atoms with Gasteiger partial charge in [-0.3, -0.25) is 4.79 Å². The molecule has 0 aromatic rings. The summed E-state index contributed by atoms with van der Waals surface area (Å²) in [6.45, 7) is 8.55. The van der Waals surface area contributed by atoms with Gasteiger partial charge in [-0.05, 0) is 44.4 Å². The van der Waals surface area contributed by atoms with Gasteiger partial charge in [0.05, 0.1) is 18.1 Å². The molecule has 0 radical (unpaired) electrons. The Morgan fingerprint density at radius 3 is 2.61 bits per heavy atom. The lowest BCUT2D eigenvalue weighted by molar-refractivity contribution is -0.163. The van der Waals surface area contributed by atoms with E-state index in [1.54, 1.807) is 0 Å². The van der Waals surface area contributed by atoms with Crippen molar-refractivity contribution in [1.82, 2.24) is 0 Å². The van der Waals surface area contributed by atoms with Gasteiger partial charge in [0.1, 0.15) is 0 Å². The minimum atomic E-state index is -0.853. The van der Waals surface area contributed by atoms with Crippen LogP contribution in [0.4, 0.5) is 0 Å². The van der Waals surface area contributed by atoms with E-state index in [0.717, 1.165) is 19.3 Å². The maximum atomic E-state index is 12.0. The van der Waals surface area contributed by atoms with Gasteiger partial charge < -0.3 is 9.84 Å². The molecular weight excluding hydrogens is 228 g/mol. The van der Waals surface area contributed by atoms with Crippen molar-refractivity contribution >= 4 is 5.97 Å². The molecular formula is C15H28O3. The molecule has 1 rings (SSSR count). The molecule has 0 aromatic heterocycles. The minimum Gasteiger partial charge on any atom is -0.466 e. The van der Waals surface area contributed by atoms with Gasteiger partial charge in [0.2, 0.25) is 0 Å². The van der Waals surface area contributed by atoms with Crippen LogP contribution in [0.3, 0.4) is 0 Å². The fourth-order valence-corrected chi connectivity index (χ4v) is 3.22. The second-order valence-corrected chi connectivity index (χ2v) is 5.92. The Morgan fingerprint density at radius 2 is 2.11 bits per heavy atom. The van der Waals surface area contributed by atoms with Crippen molar-refractivity contribution < 1.29 is 14.6 Å². The normalized spacial score (nSPS) is 30.2. The molecule has 1 saturated carbocycles. The SMILES string of the molecule is CCOC(=O)C(CC)C1(O)CCCC(C(C)C)C1. The van der Waals surface area contributed by atoms with E-state index in [4.69, 9.17) is 4.74 Å². The molecule has 0 saturated heterocycles. The zero-order valence-corrected chi connectivity index (χ0v) is 12.2. The third kappa shape index (κ3) is 3.47. The number of ether oxygens (including phenoxy) is 1. The Morgan fingerprint density at radius 1 is 1.44 bits per heavy atom. The number of hydrogen-bond donors (Lipinski definition) is 1. The summed E-state index contributed by atoms with van der Waals surface area (Å²) in [4.78, 5) is 12.0. The molecule has 0 amide bonds. The molecule has 1 fully saturated rings. The summed E-state index contributed by atoms with van der Waals surface area (Å²) in [6.07, 6.45) is 4.30. The quantitative estimate of drug-likeness (QED) is 0.769. The maximum absolute atomic E-state index is 12.0. The molecule has 1 N–H and O–H groups in total. The zero-order valence-electron chi connectivity index (χ0n) is 12.2. The molecule has 0 bridgehead atoms. The van der Waals surface area contributed by atoms with Gasteiger partial charge in [-0.2, -0.15) is 0 Å². The molecule has 3 nitrogen and oxygen atoms in total. The monoisotopic (exact) mass is 256 g/mol. The van der Waals surface area contributed by atoms with Crippen molar-refractivity contribution in [1.29, 1.82) is 0 Å². The van der Waals surface area contributed by atoms with Gasteiger partial charge in [-0.15, -0.1) is 0 Å². The highest BCUT2D eigenvalue weighted by Crippen LogP contribution is 2.41. The van der Waals surface area contributed by atoms with Gasteiger partial charge in [0, 0.05) is 0 Å². The summed E-state index contributed by atoms with van der Waals surface area (Å²) in [6, 6.07) is 0. The van der Waals surface area contributed by atoms with Crippen LogP contribution in [0.15, 0.2) is 0 Å². The summed E-state index contributed by atoms with van der Waals surface area (Å²) in [5.74, 6) is 0.495. The molecule has 3 heteroatoms. The fourth-order valence-electron chi connectivity index (χ4n) is 3.22. The molecule has 0 aromatic carbocycles. The van der Waals surface area contributed by atoms with Gasteiger partial charge in [0.25, 0.3) is 0 Å². The number of carbonyl (C=O) groups is 1. The van der Waals surface area contributed by atoms with Crippen molar-refractivity contribution in [2.75, 3.05) is 6.61 Å². The van der Waals surface area contributed by atoms with E-state index >= 15 is 0 Å². The summed E-state index contributed by atoms with van der Waals surface area (Å²) < 4.78 is 5.11. The van der Waals surface area contributed by atoms with Crippen LogP contribution >= 0.6 is 0 Å². The van der Waals surface area contributed by atoms with E-state index in [0.29, 0.717) is 24.9 Å². The Labute approximate surface area is 111 Å². The van der Waals surface area contributed by atoms with Crippen LogP contribution in [0.25, 0.3) is 0 Å². The van der Waals surface area contributed by atoms with Gasteiger partial charge in [-0.25, -0.2) is 0 Å². The minimum absolute atomic E-state index is 0.230. The van der Waals surface area contributed by atoms with Gasteiger partial charge in [0.15, 0.2) is 0 Å². The molecule has 0 aliphatic heterocycles. The smallest absolute Gasteiger partial charge is 0.311 e. The molecule has 3 unspecified atom stereocenters. The average molecular weight is 256 g/mol. The van der Waals surface area contributed by atoms with E-state index in [1.165, 1.54) is 6.42 Å². The first-order valence-corrected chi connectivity index (χ1v) is 7.33. The Kier molecular flexibility index (Phi) is 5.64. The lowest BCUT2D eigenvalue weighted by atomic mass is 9.68. The first-order valence-electron chi connectivity index (χ1n) is 7.33. The molecule has 106 valence electrons. The van der Waals surface area contributed by atoms with Gasteiger partial charge in [-0.1, -0.05) is 27.2 Å². The first-order chi connectivity index (χ1) is 8.44. The predicted octanol–water partition coefficient (Wildman–Crippen LogP) is 3.15. The van der Waals surface area contributed by atoms with Crippen LogP contribution in [0.5, 0.6) is 0 Å². The van der Waals surface area contributed by atoms with Crippen molar-refractivity contribution in [3.8, 4) is 0 Å². The second-order valence-electron chi connectivity index (χ2n) is 5.92. The Bertz CT molecular complexity index is 275. The van der Waals surface area contributed by atoms with E-state index in [-0.39, 0.29) is 11.9 Å². The van der Waals surface area contributed by atoms with E-state index in [2.05, 4.69) is 13.8 Å². The Hall–Kier alpha value is -0.570. The number of carbonyl (C=O) groups excluding carboxylic acids is 1. The van der Waals surface area contributed by atoms with Crippen molar-refractivity contribution in [2.24, 2.45) is 17.8 Å². The standard InChI is InChI=1S/C15H28O3/c1-5-13(14(16)18-6-2)15(17)9-7-8-12(10-15)11(3)4/h11-13,17H,5-10H2,1-4H3. The fraction of sp³-hybridized carbons (Fsp3) is 0.933. The highest BCUT2D eigenvalue weighted by Gasteiger charge is 2.44. The molecule has 1 aliphatic carbocycles. The van der Waals surface area contributed by atoms with E-state index in [1.807, 2.05) is 13.8 Å². The third-order valence-corrected chi connectivity index (χ3v) is 4.37. The molecule has 0 spiro atoms. The summed E-state index contributed by atoms with van der Waals surface area (Å²) in [5.41, 5.74) is -0.853. The first kappa shape index (κ1) is 15.5. The van der Waals surface area contributed by atoms with Gasteiger partial charge >= 0.3 is 5.97 Å². The number of aliphatic hydroxyl groups is 1. The van der Waals surface area contributed by atoms with Crippen LogP contribution in [-0.4, -0.2) is 23.3 Å². The van der Waals surface area contributed by atoms with Crippen LogP contribution in [0.1, 0.15) is 59.8 Å². The van der Waals surface area contributed by atoms with Crippen molar-refractivity contribution in [2.45, 2.75) is 65.4 Å². The number of hydrogen-bond acceptors (Lipinski definition) is 3. The van der Waals surface area contributed by atoms with Crippen LogP contribution in [0.2, 0.25) is 0 Å². The van der Waals surface area contributed by atoms with E-state index in [9.17, 15) is 9.90 Å². The summed E-state index contributed by atoms with van der Waals surface area (Å²) in [7, 11) is 0. The second kappa shape index (κ2) is 6.55. The molecule has 1 aliphatic rings. The van der Waals surface area contributed by atoms with Crippen molar-refractivity contribution in [3.05, 3.63) is 0 Å². The van der Waals surface area contributed by atoms with E-state index < -0.39 is 5.60 Å². The topological polar surface area (TPSA) is 46.5 Å². The highest BCUT2D eigenvalue weighted by atomic mass is 16.5. The zero-order chi connectivity index (χ0) is 13.8. The molecule has 0 heterocycles. The van der Waals surface area contributed by atoms with Crippen LogP contribution < -0.4 is 0 Å². The number of esters is 1. The number of rotatable bonds is 5. The Balaban J connectivity index is 2.78. The van der Waals surface area contributed by atoms with Crippen LogP contribution in [0, 0.1) is 17.8 Å². The van der Waals surface area contributed by atoms with Crippen molar-refractivity contribution in [3.63, 3.8) is 0 Å². The molecule has 3 atom stereocenters. The lowest BCUT2D eigenvalue weighted by Gasteiger charge is -2.42. The predicted molar refractivity (Wildman–Crippen MR) is 72.2 cm³/mol. The molecule has 18 heavy (non-hydrogen) atoms. The summed E-state index contributed by atoms with van der Waals surface area (Å²) >= 11 is 0. The average Bonchev–Trinajstić information content (AvgIpc) is 2.29. The highest BCUT2D eigenvalue weighted by molar-refractivity contribution is 5.73.